The first kappa shape index (κ1) is 28.4. The number of benzene rings is 2. The molecule has 2 aromatic rings. The Bertz CT molecular complexity index is 986. The molecule has 0 aliphatic rings. The van der Waals surface area contributed by atoms with Crippen molar-refractivity contribution in [3.8, 4) is 11.5 Å². The summed E-state index contributed by atoms with van der Waals surface area (Å²) in [6, 6.07) is 13.9. The number of ether oxygens (including phenoxy) is 5. The van der Waals surface area contributed by atoms with Crippen molar-refractivity contribution in [1.29, 1.82) is 0 Å². The first-order chi connectivity index (χ1) is 17.5. The summed E-state index contributed by atoms with van der Waals surface area (Å²) < 4.78 is 26.8. The first-order valence-corrected chi connectivity index (χ1v) is 11.5. The molecule has 0 saturated heterocycles. The predicted octanol–water partition coefficient (Wildman–Crippen LogP) is 4.44. The lowest BCUT2D eigenvalue weighted by Crippen LogP contribution is -2.27. The van der Waals surface area contributed by atoms with Gasteiger partial charge in [-0.15, -0.1) is 0 Å². The summed E-state index contributed by atoms with van der Waals surface area (Å²) in [6.07, 6.45) is 4.87. The number of methoxy groups -OCH3 is 2. The van der Waals surface area contributed by atoms with E-state index in [0.717, 1.165) is 0 Å². The third-order valence-corrected chi connectivity index (χ3v) is 4.91. The number of amides is 1. The number of nitrogens with one attached hydrogen (secondary N) is 1. The molecule has 2 rings (SSSR count). The summed E-state index contributed by atoms with van der Waals surface area (Å²) in [5, 5.41) is 11.7. The van der Waals surface area contributed by atoms with E-state index in [-0.39, 0.29) is 13.2 Å². The average Bonchev–Trinajstić information content (AvgIpc) is 2.89. The molecule has 2 N–H and O–H groups in total. The molecule has 0 radical (unpaired) electrons. The molecule has 36 heavy (non-hydrogen) atoms. The van der Waals surface area contributed by atoms with Crippen molar-refractivity contribution in [3.05, 3.63) is 78.4 Å². The van der Waals surface area contributed by atoms with Gasteiger partial charge >= 0.3 is 12.1 Å². The van der Waals surface area contributed by atoms with E-state index in [9.17, 15) is 9.59 Å². The van der Waals surface area contributed by atoms with Crippen LogP contribution < -0.4 is 14.8 Å². The fraction of sp³-hybridized carbons (Fsp3) is 0.333. The minimum Gasteiger partial charge on any atom is -0.497 e. The van der Waals surface area contributed by atoms with Crippen molar-refractivity contribution in [3.63, 3.8) is 0 Å². The maximum Gasteiger partial charge on any atom is 0.412 e. The second-order valence-electron chi connectivity index (χ2n) is 7.37. The normalized spacial score (nSPS) is 12.8. The second-order valence-corrected chi connectivity index (χ2v) is 7.37. The van der Waals surface area contributed by atoms with Gasteiger partial charge in [-0.2, -0.15) is 0 Å². The lowest BCUT2D eigenvalue weighted by molar-refractivity contribution is -0.137. The molecule has 1 amide bonds. The SMILES string of the molecule is CCOC(=O)/C=C/C=C/C[C@@H](OC)[C@H](OC(=O)Nc1ccc(OC)cc1)c1ccc(OCCO)cc1. The van der Waals surface area contributed by atoms with Crippen LogP contribution in [0.3, 0.4) is 0 Å². The molecule has 2 aromatic carbocycles. The Morgan fingerprint density at radius 1 is 1.00 bits per heavy atom. The Morgan fingerprint density at radius 3 is 2.31 bits per heavy atom. The summed E-state index contributed by atoms with van der Waals surface area (Å²) in [5.41, 5.74) is 1.24. The summed E-state index contributed by atoms with van der Waals surface area (Å²) >= 11 is 0. The maximum atomic E-state index is 12.7. The first-order valence-electron chi connectivity index (χ1n) is 11.5. The number of anilines is 1. The number of rotatable bonds is 14. The van der Waals surface area contributed by atoms with Crippen LogP contribution in [0.1, 0.15) is 25.0 Å². The molecule has 0 unspecified atom stereocenters. The Labute approximate surface area is 211 Å². The van der Waals surface area contributed by atoms with Crippen molar-refractivity contribution in [2.75, 3.05) is 39.4 Å². The minimum absolute atomic E-state index is 0.0955. The zero-order valence-corrected chi connectivity index (χ0v) is 20.7. The minimum atomic E-state index is -0.751. The van der Waals surface area contributed by atoms with Crippen molar-refractivity contribution >= 4 is 17.7 Å². The van der Waals surface area contributed by atoms with E-state index in [1.807, 2.05) is 0 Å². The highest BCUT2D eigenvalue weighted by atomic mass is 16.6. The number of carbonyl (C=O) groups is 2. The van der Waals surface area contributed by atoms with E-state index in [1.165, 1.54) is 13.2 Å². The number of hydrogen-bond acceptors (Lipinski definition) is 8. The maximum absolute atomic E-state index is 12.7. The fourth-order valence-electron chi connectivity index (χ4n) is 3.17. The molecular formula is C27H33NO8. The number of aliphatic hydroxyl groups is 1. The molecular weight excluding hydrogens is 466 g/mol. The van der Waals surface area contributed by atoms with E-state index in [2.05, 4.69) is 5.32 Å². The van der Waals surface area contributed by atoms with Crippen LogP contribution in [0, 0.1) is 0 Å². The van der Waals surface area contributed by atoms with Gasteiger partial charge in [-0.3, -0.25) is 5.32 Å². The quantitative estimate of drug-likeness (QED) is 0.223. The molecule has 194 valence electrons. The van der Waals surface area contributed by atoms with E-state index in [0.29, 0.717) is 35.8 Å². The Balaban J connectivity index is 2.16. The number of allylic oxidation sites excluding steroid dienone is 2. The van der Waals surface area contributed by atoms with Crippen LogP contribution in [-0.2, 0) is 19.0 Å². The average molecular weight is 500 g/mol. The lowest BCUT2D eigenvalue weighted by atomic mass is 10.0. The molecule has 0 aliphatic carbocycles. The van der Waals surface area contributed by atoms with E-state index in [4.69, 9.17) is 28.8 Å². The van der Waals surface area contributed by atoms with Gasteiger partial charge in [-0.05, 0) is 55.3 Å². The summed E-state index contributed by atoms with van der Waals surface area (Å²) in [6.45, 7) is 2.12. The van der Waals surface area contributed by atoms with E-state index in [1.54, 1.807) is 80.8 Å². The van der Waals surface area contributed by atoms with Gasteiger partial charge in [-0.25, -0.2) is 9.59 Å². The van der Waals surface area contributed by atoms with Crippen molar-refractivity contribution in [2.24, 2.45) is 0 Å². The van der Waals surface area contributed by atoms with E-state index < -0.39 is 24.3 Å². The van der Waals surface area contributed by atoms with Crippen LogP contribution in [0.4, 0.5) is 10.5 Å². The molecule has 0 bridgehead atoms. The zero-order chi connectivity index (χ0) is 26.2. The fourth-order valence-corrected chi connectivity index (χ4v) is 3.17. The predicted molar refractivity (Wildman–Crippen MR) is 135 cm³/mol. The molecule has 0 heterocycles. The van der Waals surface area contributed by atoms with Gasteiger partial charge in [0.1, 0.15) is 24.2 Å². The highest BCUT2D eigenvalue weighted by Crippen LogP contribution is 2.28. The highest BCUT2D eigenvalue weighted by Gasteiger charge is 2.26. The standard InChI is InChI=1S/C27H33NO8/c1-4-34-25(30)9-7-5-6-8-24(33-3)26(20-10-14-23(15-11-20)35-19-18-29)36-27(31)28-21-12-16-22(32-2)17-13-21/h5-7,9-17,24,26,29H,4,8,18-19H2,1-3H3,(H,28,31)/b6-5+,9-7+/t24-,26-/m1/s1. The third-order valence-electron chi connectivity index (χ3n) is 4.91. The smallest absolute Gasteiger partial charge is 0.412 e. The monoisotopic (exact) mass is 499 g/mol. The van der Waals surface area contributed by atoms with Gasteiger partial charge in [0.25, 0.3) is 0 Å². The van der Waals surface area contributed by atoms with Crippen LogP contribution in [0.25, 0.3) is 0 Å². The number of aliphatic hydroxyl groups excluding tert-OH is 1. The molecule has 0 fully saturated rings. The third kappa shape index (κ3) is 9.81. The van der Waals surface area contributed by atoms with Crippen molar-refractivity contribution in [2.45, 2.75) is 25.6 Å². The molecule has 9 heteroatoms. The van der Waals surface area contributed by atoms with Crippen molar-refractivity contribution in [1.82, 2.24) is 0 Å². The van der Waals surface area contributed by atoms with Gasteiger partial charge in [0.05, 0.1) is 20.3 Å². The summed E-state index contributed by atoms with van der Waals surface area (Å²) in [4.78, 5) is 24.2. The molecule has 0 saturated carbocycles. The summed E-state index contributed by atoms with van der Waals surface area (Å²) in [5.74, 6) is 0.816. The molecule has 2 atom stereocenters. The Kier molecular flexibility index (Phi) is 12.6. The zero-order valence-electron chi connectivity index (χ0n) is 20.7. The van der Waals surface area contributed by atoms with E-state index >= 15 is 0 Å². The number of esters is 1. The van der Waals surface area contributed by atoms with Crippen molar-refractivity contribution < 1.29 is 38.4 Å². The van der Waals surface area contributed by atoms with Crippen LogP contribution >= 0.6 is 0 Å². The molecule has 0 spiro atoms. The second kappa shape index (κ2) is 16.0. The van der Waals surface area contributed by atoms with Crippen LogP contribution in [0.2, 0.25) is 0 Å². The highest BCUT2D eigenvalue weighted by molar-refractivity contribution is 5.85. The Hall–Kier alpha value is -3.82. The lowest BCUT2D eigenvalue weighted by Gasteiger charge is -2.26. The summed E-state index contributed by atoms with van der Waals surface area (Å²) in [7, 11) is 3.09. The molecule has 0 aromatic heterocycles. The molecule has 0 aliphatic heterocycles. The topological polar surface area (TPSA) is 113 Å². The largest absolute Gasteiger partial charge is 0.497 e. The van der Waals surface area contributed by atoms with Gasteiger partial charge in [0.15, 0.2) is 6.10 Å². The van der Waals surface area contributed by atoms with Crippen LogP contribution in [-0.4, -0.2) is 57.3 Å². The Morgan fingerprint density at radius 2 is 1.69 bits per heavy atom. The van der Waals surface area contributed by atoms with Gasteiger partial charge < -0.3 is 28.8 Å². The molecule has 9 nitrogen and oxygen atoms in total. The van der Waals surface area contributed by atoms with Gasteiger partial charge in [-0.1, -0.05) is 30.4 Å². The van der Waals surface area contributed by atoms with Crippen LogP contribution in [0.5, 0.6) is 11.5 Å². The van der Waals surface area contributed by atoms with Gasteiger partial charge in [0, 0.05) is 18.9 Å². The van der Waals surface area contributed by atoms with Crippen LogP contribution in [0.15, 0.2) is 72.8 Å². The number of hydrogen-bond donors (Lipinski definition) is 2. The number of carbonyl (C=O) groups excluding carboxylic acids is 2. The van der Waals surface area contributed by atoms with Gasteiger partial charge in [0.2, 0.25) is 0 Å².